The smallest absolute Gasteiger partial charge is 0.226 e. The van der Waals surface area contributed by atoms with Crippen molar-refractivity contribution >= 4 is 29.9 Å². The highest BCUT2D eigenvalue weighted by atomic mass is 127. The monoisotopic (exact) mass is 570 g/mol. The van der Waals surface area contributed by atoms with Crippen LogP contribution in [0.5, 0.6) is 0 Å². The van der Waals surface area contributed by atoms with E-state index in [1.54, 1.807) is 13.3 Å². The lowest BCUT2D eigenvalue weighted by molar-refractivity contribution is 0.572. The van der Waals surface area contributed by atoms with Gasteiger partial charge in [0.2, 0.25) is 5.89 Å². The van der Waals surface area contributed by atoms with E-state index in [-0.39, 0.29) is 24.0 Å². The molecule has 0 aliphatic rings. The quantitative estimate of drug-likeness (QED) is 0.134. The van der Waals surface area contributed by atoms with Gasteiger partial charge in [-0.3, -0.25) is 4.99 Å². The minimum absolute atomic E-state index is 0. The fraction of sp³-hybridized carbons (Fsp3) is 0.269. The number of rotatable bonds is 8. The van der Waals surface area contributed by atoms with Gasteiger partial charge in [-0.15, -0.1) is 24.0 Å². The van der Waals surface area contributed by atoms with Gasteiger partial charge in [0.1, 0.15) is 6.26 Å². The summed E-state index contributed by atoms with van der Waals surface area (Å²) in [5.74, 6) is 1.37. The third-order valence-electron chi connectivity index (χ3n) is 5.45. The molecule has 0 atom stereocenters. The molecule has 34 heavy (non-hydrogen) atoms. The van der Waals surface area contributed by atoms with Crippen molar-refractivity contribution in [1.29, 1.82) is 0 Å². The van der Waals surface area contributed by atoms with Crippen molar-refractivity contribution < 1.29 is 4.42 Å². The summed E-state index contributed by atoms with van der Waals surface area (Å²) < 4.78 is 7.58. The average molecular weight is 570 g/mol. The molecule has 178 valence electrons. The molecule has 2 aromatic heterocycles. The lowest BCUT2D eigenvalue weighted by Crippen LogP contribution is -2.37. The molecule has 0 spiro atoms. The molecule has 2 aromatic carbocycles. The number of halogens is 1. The van der Waals surface area contributed by atoms with Crippen molar-refractivity contribution in [2.75, 3.05) is 13.6 Å². The van der Waals surface area contributed by atoms with Crippen LogP contribution in [0.2, 0.25) is 0 Å². The van der Waals surface area contributed by atoms with Gasteiger partial charge in [-0.25, -0.2) is 9.67 Å². The number of oxazole rings is 1. The number of nitrogens with zero attached hydrogens (tertiary/aromatic N) is 4. The molecule has 0 saturated carbocycles. The van der Waals surface area contributed by atoms with Gasteiger partial charge >= 0.3 is 0 Å². The van der Waals surface area contributed by atoms with Gasteiger partial charge in [0.15, 0.2) is 5.96 Å². The SMILES string of the molecule is CN=C(NCCCc1cn(-c2ccccc2)nc1C)NCc1coc(-c2ccc(C)cc2)n1.I. The maximum absolute atomic E-state index is 5.63. The summed E-state index contributed by atoms with van der Waals surface area (Å²) in [7, 11) is 1.77. The molecule has 0 bridgehead atoms. The van der Waals surface area contributed by atoms with Gasteiger partial charge in [-0.1, -0.05) is 35.9 Å². The summed E-state index contributed by atoms with van der Waals surface area (Å²) in [6.07, 6.45) is 5.73. The van der Waals surface area contributed by atoms with Crippen LogP contribution in [-0.4, -0.2) is 34.3 Å². The highest BCUT2D eigenvalue weighted by Gasteiger charge is 2.08. The molecule has 0 fully saturated rings. The minimum atomic E-state index is 0. The van der Waals surface area contributed by atoms with Gasteiger partial charge in [0.05, 0.1) is 23.6 Å². The van der Waals surface area contributed by atoms with Crippen molar-refractivity contribution in [2.45, 2.75) is 33.2 Å². The molecule has 7 nitrogen and oxygen atoms in total. The zero-order valence-corrected chi connectivity index (χ0v) is 22.1. The summed E-state index contributed by atoms with van der Waals surface area (Å²) in [6, 6.07) is 18.3. The van der Waals surface area contributed by atoms with Crippen LogP contribution in [0.4, 0.5) is 0 Å². The van der Waals surface area contributed by atoms with E-state index < -0.39 is 0 Å². The number of hydrogen-bond acceptors (Lipinski definition) is 4. The Kier molecular flexibility index (Phi) is 9.26. The fourth-order valence-electron chi connectivity index (χ4n) is 3.55. The normalized spacial score (nSPS) is 11.2. The van der Waals surface area contributed by atoms with Crippen LogP contribution in [-0.2, 0) is 13.0 Å². The molecule has 4 rings (SSSR count). The summed E-state index contributed by atoms with van der Waals surface area (Å²) in [4.78, 5) is 8.87. The number of para-hydroxylation sites is 1. The van der Waals surface area contributed by atoms with Crippen molar-refractivity contribution in [2.24, 2.45) is 4.99 Å². The lowest BCUT2D eigenvalue weighted by Gasteiger charge is -2.10. The number of nitrogens with one attached hydrogen (secondary N) is 2. The third kappa shape index (κ3) is 6.69. The van der Waals surface area contributed by atoms with Gasteiger partial charge in [0.25, 0.3) is 0 Å². The second-order valence-electron chi connectivity index (χ2n) is 7.99. The maximum Gasteiger partial charge on any atom is 0.226 e. The van der Waals surface area contributed by atoms with Crippen LogP contribution in [0.15, 0.2) is 76.5 Å². The highest BCUT2D eigenvalue weighted by molar-refractivity contribution is 14.0. The number of aryl methyl sites for hydroxylation is 3. The van der Waals surface area contributed by atoms with E-state index in [0.717, 1.165) is 48.0 Å². The van der Waals surface area contributed by atoms with E-state index in [1.165, 1.54) is 11.1 Å². The van der Waals surface area contributed by atoms with Crippen LogP contribution in [0.3, 0.4) is 0 Å². The Morgan fingerprint density at radius 3 is 2.53 bits per heavy atom. The fourth-order valence-corrected chi connectivity index (χ4v) is 3.55. The first-order valence-electron chi connectivity index (χ1n) is 11.2. The predicted octanol–water partition coefficient (Wildman–Crippen LogP) is 5.06. The van der Waals surface area contributed by atoms with E-state index in [4.69, 9.17) is 4.42 Å². The largest absolute Gasteiger partial charge is 0.444 e. The van der Waals surface area contributed by atoms with Crippen LogP contribution < -0.4 is 10.6 Å². The number of benzene rings is 2. The lowest BCUT2D eigenvalue weighted by atomic mass is 10.1. The average Bonchev–Trinajstić information content (AvgIpc) is 3.46. The third-order valence-corrected chi connectivity index (χ3v) is 5.45. The molecule has 0 aliphatic carbocycles. The summed E-state index contributed by atoms with van der Waals surface area (Å²) in [6.45, 7) is 5.47. The Bertz CT molecular complexity index is 1200. The molecule has 0 saturated heterocycles. The summed E-state index contributed by atoms with van der Waals surface area (Å²) >= 11 is 0. The van der Waals surface area contributed by atoms with Crippen LogP contribution in [0.25, 0.3) is 17.1 Å². The van der Waals surface area contributed by atoms with Crippen molar-refractivity contribution in [3.05, 3.63) is 89.6 Å². The highest BCUT2D eigenvalue weighted by Crippen LogP contribution is 2.19. The van der Waals surface area contributed by atoms with Gasteiger partial charge in [0, 0.05) is 25.4 Å². The summed E-state index contributed by atoms with van der Waals surface area (Å²) in [5.41, 5.74) is 6.42. The number of guanidine groups is 1. The van der Waals surface area contributed by atoms with Gasteiger partial charge in [-0.2, -0.15) is 5.10 Å². The Morgan fingerprint density at radius 1 is 1.03 bits per heavy atom. The van der Waals surface area contributed by atoms with Crippen molar-refractivity contribution in [3.8, 4) is 17.1 Å². The van der Waals surface area contributed by atoms with E-state index in [0.29, 0.717) is 12.4 Å². The van der Waals surface area contributed by atoms with Crippen LogP contribution in [0.1, 0.15) is 28.9 Å². The van der Waals surface area contributed by atoms with E-state index >= 15 is 0 Å². The zero-order chi connectivity index (χ0) is 23.0. The molecule has 4 aromatic rings. The minimum Gasteiger partial charge on any atom is -0.444 e. The first kappa shape index (κ1) is 25.5. The molecule has 2 heterocycles. The topological polar surface area (TPSA) is 80.3 Å². The van der Waals surface area contributed by atoms with E-state index in [9.17, 15) is 0 Å². The molecule has 0 amide bonds. The molecular formula is C26H31IN6O. The molecule has 0 unspecified atom stereocenters. The van der Waals surface area contributed by atoms with Crippen LogP contribution >= 0.6 is 24.0 Å². The first-order valence-corrected chi connectivity index (χ1v) is 11.2. The molecular weight excluding hydrogens is 539 g/mol. The van der Waals surface area contributed by atoms with Crippen molar-refractivity contribution in [1.82, 2.24) is 25.4 Å². The maximum atomic E-state index is 5.63. The Morgan fingerprint density at radius 2 is 1.79 bits per heavy atom. The number of hydrogen-bond donors (Lipinski definition) is 2. The van der Waals surface area contributed by atoms with E-state index in [1.807, 2.05) is 35.0 Å². The second kappa shape index (κ2) is 12.4. The number of aliphatic imine (C=N–C) groups is 1. The standard InChI is InChI=1S/C26H30N6O.HI/c1-19-11-13-21(14-12-19)25-30-23(18-33-25)16-29-26(27-3)28-15-7-8-22-17-32(31-20(22)2)24-9-5-4-6-10-24;/h4-6,9-14,17-18H,7-8,15-16H2,1-3H3,(H2,27,28,29);1H. The Labute approximate surface area is 217 Å². The predicted molar refractivity (Wildman–Crippen MR) is 147 cm³/mol. The van der Waals surface area contributed by atoms with Gasteiger partial charge in [-0.05, 0) is 56.5 Å². The Balaban J connectivity index is 0.00000324. The number of aromatic nitrogens is 3. The zero-order valence-electron chi connectivity index (χ0n) is 19.8. The van der Waals surface area contributed by atoms with Crippen LogP contribution in [0, 0.1) is 13.8 Å². The molecule has 8 heteroatoms. The molecule has 0 radical (unpaired) electrons. The Hall–Kier alpha value is -3.14. The van der Waals surface area contributed by atoms with Crippen molar-refractivity contribution in [3.63, 3.8) is 0 Å². The second-order valence-corrected chi connectivity index (χ2v) is 7.99. The molecule has 2 N–H and O–H groups in total. The van der Waals surface area contributed by atoms with E-state index in [2.05, 4.69) is 70.0 Å². The molecule has 0 aliphatic heterocycles. The van der Waals surface area contributed by atoms with Gasteiger partial charge < -0.3 is 15.1 Å². The summed E-state index contributed by atoms with van der Waals surface area (Å²) in [5, 5.41) is 11.3. The first-order chi connectivity index (χ1) is 16.1.